The Morgan fingerprint density at radius 2 is 2.11 bits per heavy atom. The van der Waals surface area contributed by atoms with E-state index in [4.69, 9.17) is 4.52 Å². The second-order valence-corrected chi connectivity index (χ2v) is 5.03. The second kappa shape index (κ2) is 5.83. The summed E-state index contributed by atoms with van der Waals surface area (Å²) in [5, 5.41) is 15.8. The van der Waals surface area contributed by atoms with Crippen LogP contribution >= 0.6 is 0 Å². The minimum Gasteiger partial charge on any atom is -0.346 e. The highest BCUT2D eigenvalue weighted by Gasteiger charge is 2.38. The molecule has 6 nitrogen and oxygen atoms in total. The maximum atomic E-state index is 12.3. The molecule has 0 bridgehead atoms. The zero-order valence-electron chi connectivity index (χ0n) is 11.1. The van der Waals surface area contributed by atoms with Gasteiger partial charge in [-0.25, -0.2) is 0 Å². The quantitative estimate of drug-likeness (QED) is 0.839. The number of carbonyl (C=O) groups is 1. The standard InChI is InChI=1S/C13H18N4O2/c1-10-16-11(19-17-10)8-15-12(18)13(9-14)6-4-2-3-5-7-13/h2-8H2,1H3,(H,15,18). The van der Waals surface area contributed by atoms with Crippen LogP contribution in [0.3, 0.4) is 0 Å². The van der Waals surface area contributed by atoms with Gasteiger partial charge in [0.1, 0.15) is 5.41 Å². The summed E-state index contributed by atoms with van der Waals surface area (Å²) in [6.45, 7) is 1.90. The molecule has 1 heterocycles. The van der Waals surface area contributed by atoms with Gasteiger partial charge in [0.05, 0.1) is 12.6 Å². The third kappa shape index (κ3) is 3.11. The molecule has 102 valence electrons. The van der Waals surface area contributed by atoms with E-state index in [0.29, 0.717) is 24.6 Å². The number of aromatic nitrogens is 2. The molecule has 0 radical (unpaired) electrons. The van der Waals surface area contributed by atoms with Gasteiger partial charge >= 0.3 is 0 Å². The van der Waals surface area contributed by atoms with Crippen molar-refractivity contribution >= 4 is 5.91 Å². The first-order chi connectivity index (χ1) is 9.16. The number of nitrogens with one attached hydrogen (secondary N) is 1. The average molecular weight is 262 g/mol. The van der Waals surface area contributed by atoms with E-state index in [1.165, 1.54) is 0 Å². The Balaban J connectivity index is 1.98. The van der Waals surface area contributed by atoms with Gasteiger partial charge < -0.3 is 9.84 Å². The lowest BCUT2D eigenvalue weighted by Gasteiger charge is -2.23. The van der Waals surface area contributed by atoms with Crippen LogP contribution in [-0.4, -0.2) is 16.0 Å². The lowest BCUT2D eigenvalue weighted by atomic mass is 9.81. The predicted octanol–water partition coefficient (Wildman–Crippen LogP) is 1.86. The normalized spacial score (nSPS) is 18.3. The predicted molar refractivity (Wildman–Crippen MR) is 66.6 cm³/mol. The summed E-state index contributed by atoms with van der Waals surface area (Å²) < 4.78 is 4.93. The Kier molecular flexibility index (Phi) is 4.15. The molecule has 2 rings (SSSR count). The molecule has 1 saturated carbocycles. The maximum absolute atomic E-state index is 12.3. The molecule has 1 amide bonds. The fourth-order valence-corrected chi connectivity index (χ4v) is 2.46. The molecular formula is C13H18N4O2. The van der Waals surface area contributed by atoms with Gasteiger partial charge in [-0.2, -0.15) is 10.2 Å². The molecule has 1 aromatic rings. The molecule has 1 fully saturated rings. The minimum atomic E-state index is -0.883. The number of nitriles is 1. The van der Waals surface area contributed by atoms with Crippen LogP contribution in [-0.2, 0) is 11.3 Å². The van der Waals surface area contributed by atoms with Crippen LogP contribution in [0.2, 0.25) is 0 Å². The highest BCUT2D eigenvalue weighted by atomic mass is 16.5. The lowest BCUT2D eigenvalue weighted by Crippen LogP contribution is -2.39. The van der Waals surface area contributed by atoms with Crippen molar-refractivity contribution in [2.24, 2.45) is 5.41 Å². The van der Waals surface area contributed by atoms with Gasteiger partial charge in [-0.1, -0.05) is 30.8 Å². The third-order valence-electron chi connectivity index (χ3n) is 3.58. The van der Waals surface area contributed by atoms with Crippen molar-refractivity contribution in [3.63, 3.8) is 0 Å². The molecule has 1 aliphatic rings. The number of amides is 1. The van der Waals surface area contributed by atoms with E-state index in [9.17, 15) is 10.1 Å². The fourth-order valence-electron chi connectivity index (χ4n) is 2.46. The van der Waals surface area contributed by atoms with Crippen molar-refractivity contribution in [2.45, 2.75) is 52.0 Å². The number of carbonyl (C=O) groups excluding carboxylic acids is 1. The van der Waals surface area contributed by atoms with E-state index in [2.05, 4.69) is 21.5 Å². The topological polar surface area (TPSA) is 91.8 Å². The van der Waals surface area contributed by atoms with Crippen molar-refractivity contribution in [2.75, 3.05) is 0 Å². The molecule has 6 heteroatoms. The third-order valence-corrected chi connectivity index (χ3v) is 3.58. The Morgan fingerprint density at radius 3 is 2.63 bits per heavy atom. The average Bonchev–Trinajstić information content (AvgIpc) is 2.69. The summed E-state index contributed by atoms with van der Waals surface area (Å²) in [6, 6.07) is 2.22. The SMILES string of the molecule is Cc1noc(CNC(=O)C2(C#N)CCCCCC2)n1. The van der Waals surface area contributed by atoms with Crippen molar-refractivity contribution < 1.29 is 9.32 Å². The van der Waals surface area contributed by atoms with Crippen LogP contribution < -0.4 is 5.32 Å². The zero-order valence-corrected chi connectivity index (χ0v) is 11.1. The van der Waals surface area contributed by atoms with Crippen molar-refractivity contribution in [1.82, 2.24) is 15.5 Å². The molecule has 0 aromatic carbocycles. The molecule has 0 atom stereocenters. The molecule has 19 heavy (non-hydrogen) atoms. The Bertz CT molecular complexity index is 481. The fraction of sp³-hybridized carbons (Fsp3) is 0.692. The lowest BCUT2D eigenvalue weighted by molar-refractivity contribution is -0.129. The number of hydrogen-bond donors (Lipinski definition) is 1. The van der Waals surface area contributed by atoms with E-state index in [1.807, 2.05) is 0 Å². The van der Waals surface area contributed by atoms with E-state index >= 15 is 0 Å². The van der Waals surface area contributed by atoms with Crippen LogP contribution in [0, 0.1) is 23.7 Å². The van der Waals surface area contributed by atoms with Gasteiger partial charge in [-0.15, -0.1) is 0 Å². The van der Waals surface area contributed by atoms with Crippen molar-refractivity contribution in [3.05, 3.63) is 11.7 Å². The van der Waals surface area contributed by atoms with Gasteiger partial charge in [0, 0.05) is 0 Å². The molecule has 0 spiro atoms. The summed E-state index contributed by atoms with van der Waals surface area (Å²) in [5.41, 5.74) is -0.883. The first-order valence-electron chi connectivity index (χ1n) is 6.65. The van der Waals surface area contributed by atoms with Gasteiger partial charge in [0.25, 0.3) is 0 Å². The zero-order chi connectivity index (χ0) is 13.7. The van der Waals surface area contributed by atoms with Crippen LogP contribution in [0.5, 0.6) is 0 Å². The van der Waals surface area contributed by atoms with Gasteiger partial charge in [0.2, 0.25) is 11.8 Å². The molecular weight excluding hydrogens is 244 g/mol. The minimum absolute atomic E-state index is 0.184. The molecule has 0 unspecified atom stereocenters. The maximum Gasteiger partial charge on any atom is 0.246 e. The first-order valence-corrected chi connectivity index (χ1v) is 6.65. The van der Waals surface area contributed by atoms with E-state index in [-0.39, 0.29) is 12.5 Å². The number of hydrogen-bond acceptors (Lipinski definition) is 5. The highest BCUT2D eigenvalue weighted by molar-refractivity contribution is 5.85. The monoisotopic (exact) mass is 262 g/mol. The molecule has 1 N–H and O–H groups in total. The number of nitrogens with zero attached hydrogens (tertiary/aromatic N) is 3. The van der Waals surface area contributed by atoms with Crippen LogP contribution in [0.15, 0.2) is 4.52 Å². The summed E-state index contributed by atoms with van der Waals surface area (Å²) in [7, 11) is 0. The van der Waals surface area contributed by atoms with Crippen molar-refractivity contribution in [3.8, 4) is 6.07 Å². The Morgan fingerprint density at radius 1 is 1.42 bits per heavy atom. The Labute approximate surface area is 112 Å². The van der Waals surface area contributed by atoms with Crippen LogP contribution in [0.1, 0.15) is 50.2 Å². The van der Waals surface area contributed by atoms with E-state index < -0.39 is 5.41 Å². The molecule has 1 aromatic heterocycles. The number of aryl methyl sites for hydroxylation is 1. The molecule has 0 aliphatic heterocycles. The van der Waals surface area contributed by atoms with E-state index in [1.54, 1.807) is 6.92 Å². The summed E-state index contributed by atoms with van der Waals surface area (Å²) in [6.07, 6.45) is 5.33. The smallest absolute Gasteiger partial charge is 0.246 e. The van der Waals surface area contributed by atoms with Crippen LogP contribution in [0.25, 0.3) is 0 Å². The summed E-state index contributed by atoms with van der Waals surface area (Å²) >= 11 is 0. The Hall–Kier alpha value is -1.90. The van der Waals surface area contributed by atoms with Gasteiger partial charge in [-0.05, 0) is 19.8 Å². The van der Waals surface area contributed by atoms with E-state index in [0.717, 1.165) is 25.7 Å². The highest BCUT2D eigenvalue weighted by Crippen LogP contribution is 2.34. The summed E-state index contributed by atoms with van der Waals surface area (Å²) in [4.78, 5) is 16.3. The summed E-state index contributed by atoms with van der Waals surface area (Å²) in [5.74, 6) is 0.689. The van der Waals surface area contributed by atoms with Gasteiger partial charge in [0.15, 0.2) is 5.82 Å². The van der Waals surface area contributed by atoms with Crippen LogP contribution in [0.4, 0.5) is 0 Å². The first kappa shape index (κ1) is 13.5. The molecule has 1 aliphatic carbocycles. The molecule has 0 saturated heterocycles. The number of rotatable bonds is 3. The largest absolute Gasteiger partial charge is 0.346 e. The second-order valence-electron chi connectivity index (χ2n) is 5.03. The van der Waals surface area contributed by atoms with Crippen molar-refractivity contribution in [1.29, 1.82) is 5.26 Å². The van der Waals surface area contributed by atoms with Gasteiger partial charge in [-0.3, -0.25) is 4.79 Å².